The van der Waals surface area contributed by atoms with Gasteiger partial charge in [0.2, 0.25) is 5.91 Å². The quantitative estimate of drug-likeness (QED) is 0.767. The molecule has 0 spiro atoms. The molecule has 0 radical (unpaired) electrons. The molecule has 0 bridgehead atoms. The molecule has 0 unspecified atom stereocenters. The average molecular weight is 354 g/mol. The number of aromatic nitrogens is 1. The Hall–Kier alpha value is -1.98. The average Bonchev–Trinajstić information content (AvgIpc) is 2.80. The molecule has 3 N–H and O–H groups in total. The van der Waals surface area contributed by atoms with Crippen molar-refractivity contribution in [2.45, 2.75) is 26.3 Å². The van der Waals surface area contributed by atoms with Crippen LogP contribution in [0, 0.1) is 0 Å². The lowest BCUT2D eigenvalue weighted by Crippen LogP contribution is -2.31. The van der Waals surface area contributed by atoms with E-state index in [0.717, 1.165) is 5.56 Å². The van der Waals surface area contributed by atoms with Crippen molar-refractivity contribution in [3.63, 3.8) is 0 Å². The first kappa shape index (κ1) is 17.4. The van der Waals surface area contributed by atoms with Crippen molar-refractivity contribution < 1.29 is 9.59 Å². The zero-order valence-corrected chi connectivity index (χ0v) is 14.3. The summed E-state index contributed by atoms with van der Waals surface area (Å²) < 4.78 is 0. The number of H-pyrrole nitrogens is 1. The van der Waals surface area contributed by atoms with E-state index in [2.05, 4.69) is 15.6 Å². The van der Waals surface area contributed by atoms with E-state index in [1.165, 1.54) is 6.07 Å². The Morgan fingerprint density at radius 2 is 1.83 bits per heavy atom. The van der Waals surface area contributed by atoms with Crippen molar-refractivity contribution >= 4 is 40.7 Å². The number of aromatic amines is 1. The van der Waals surface area contributed by atoms with Crippen LogP contribution in [0.15, 0.2) is 30.3 Å². The van der Waals surface area contributed by atoms with Gasteiger partial charge in [-0.1, -0.05) is 35.3 Å². The Kier molecular flexibility index (Phi) is 5.69. The Balaban J connectivity index is 1.97. The minimum Gasteiger partial charge on any atom is -0.354 e. The van der Waals surface area contributed by atoms with Crippen molar-refractivity contribution in [2.24, 2.45) is 0 Å². The van der Waals surface area contributed by atoms with Gasteiger partial charge in [0.05, 0.1) is 11.4 Å². The zero-order valence-electron chi connectivity index (χ0n) is 12.7. The fraction of sp³-hybridized carbons (Fsp3) is 0.250. The van der Waals surface area contributed by atoms with Crippen LogP contribution in [0.4, 0.5) is 5.69 Å². The summed E-state index contributed by atoms with van der Waals surface area (Å²) in [5, 5.41) is 6.07. The molecule has 122 valence electrons. The summed E-state index contributed by atoms with van der Waals surface area (Å²) in [6, 6.07) is 8.64. The normalized spacial score (nSPS) is 10.7. The molecule has 0 fully saturated rings. The van der Waals surface area contributed by atoms with Crippen molar-refractivity contribution in [1.82, 2.24) is 10.3 Å². The van der Waals surface area contributed by atoms with Crippen LogP contribution in [0.3, 0.4) is 0 Å². The molecule has 23 heavy (non-hydrogen) atoms. The van der Waals surface area contributed by atoms with Gasteiger partial charge in [0, 0.05) is 11.7 Å². The highest BCUT2D eigenvalue weighted by molar-refractivity contribution is 6.41. The maximum Gasteiger partial charge on any atom is 0.272 e. The Morgan fingerprint density at radius 3 is 2.35 bits per heavy atom. The summed E-state index contributed by atoms with van der Waals surface area (Å²) in [7, 11) is 0. The predicted octanol–water partition coefficient (Wildman–Crippen LogP) is 3.64. The molecule has 0 saturated carbocycles. The Labute approximate surface area is 144 Å². The molecule has 1 heterocycles. The van der Waals surface area contributed by atoms with Gasteiger partial charge in [-0.15, -0.1) is 0 Å². The molecule has 1 aromatic carbocycles. The summed E-state index contributed by atoms with van der Waals surface area (Å²) in [4.78, 5) is 26.4. The molecule has 0 atom stereocenters. The number of carbonyl (C=O) groups excluding carboxylic acids is 2. The van der Waals surface area contributed by atoms with Crippen LogP contribution in [0.25, 0.3) is 0 Å². The van der Waals surface area contributed by atoms with Crippen LogP contribution in [-0.4, -0.2) is 22.8 Å². The highest BCUT2D eigenvalue weighted by atomic mass is 35.5. The first-order valence-corrected chi connectivity index (χ1v) is 7.84. The number of amides is 2. The van der Waals surface area contributed by atoms with Crippen LogP contribution in [0.5, 0.6) is 0 Å². The predicted molar refractivity (Wildman–Crippen MR) is 92.2 cm³/mol. The van der Waals surface area contributed by atoms with E-state index >= 15 is 0 Å². The number of anilines is 1. The minimum absolute atomic E-state index is 0.0348. The van der Waals surface area contributed by atoms with Crippen molar-refractivity contribution in [3.8, 4) is 0 Å². The third-order valence-electron chi connectivity index (χ3n) is 3.00. The number of halogens is 2. The molecule has 0 aliphatic rings. The van der Waals surface area contributed by atoms with Crippen molar-refractivity contribution in [1.29, 1.82) is 0 Å². The first-order chi connectivity index (χ1) is 10.8. The molecule has 2 amide bonds. The Morgan fingerprint density at radius 1 is 1.17 bits per heavy atom. The second-order valence-electron chi connectivity index (χ2n) is 5.39. The molecular weight excluding hydrogens is 337 g/mol. The SMILES string of the molecule is CC(C)NC(=O)Cc1ccc(NC(=O)c2cc(Cl)c(Cl)[nH]2)cc1. The van der Waals surface area contributed by atoms with Crippen molar-refractivity contribution in [2.75, 3.05) is 5.32 Å². The lowest BCUT2D eigenvalue weighted by atomic mass is 10.1. The van der Waals surface area contributed by atoms with Gasteiger partial charge in [-0.3, -0.25) is 9.59 Å². The van der Waals surface area contributed by atoms with E-state index in [0.29, 0.717) is 17.1 Å². The van der Waals surface area contributed by atoms with Gasteiger partial charge in [-0.25, -0.2) is 0 Å². The van der Waals surface area contributed by atoms with Crippen LogP contribution < -0.4 is 10.6 Å². The third kappa shape index (κ3) is 5.01. The second-order valence-corrected chi connectivity index (χ2v) is 6.18. The van der Waals surface area contributed by atoms with Gasteiger partial charge < -0.3 is 15.6 Å². The third-order valence-corrected chi connectivity index (χ3v) is 3.69. The van der Waals surface area contributed by atoms with Gasteiger partial charge in [-0.05, 0) is 37.6 Å². The highest BCUT2D eigenvalue weighted by Gasteiger charge is 2.12. The number of hydrogen-bond donors (Lipinski definition) is 3. The summed E-state index contributed by atoms with van der Waals surface area (Å²) in [6.07, 6.45) is 0.300. The van der Waals surface area contributed by atoms with Crippen LogP contribution in [-0.2, 0) is 11.2 Å². The van der Waals surface area contributed by atoms with E-state index in [-0.39, 0.29) is 28.7 Å². The number of nitrogens with one attached hydrogen (secondary N) is 3. The highest BCUT2D eigenvalue weighted by Crippen LogP contribution is 2.22. The van der Waals surface area contributed by atoms with Gasteiger partial charge in [0.15, 0.2) is 0 Å². The monoisotopic (exact) mass is 353 g/mol. The minimum atomic E-state index is -0.343. The molecule has 0 aliphatic carbocycles. The largest absolute Gasteiger partial charge is 0.354 e. The fourth-order valence-corrected chi connectivity index (χ4v) is 2.30. The van der Waals surface area contributed by atoms with Gasteiger partial charge in [-0.2, -0.15) is 0 Å². The fourth-order valence-electron chi connectivity index (χ4n) is 1.99. The molecule has 7 heteroatoms. The van der Waals surface area contributed by atoms with Gasteiger partial charge >= 0.3 is 0 Å². The molecule has 0 aliphatic heterocycles. The smallest absolute Gasteiger partial charge is 0.272 e. The lowest BCUT2D eigenvalue weighted by Gasteiger charge is -2.09. The summed E-state index contributed by atoms with van der Waals surface area (Å²) in [5.41, 5.74) is 1.76. The van der Waals surface area contributed by atoms with Gasteiger partial charge in [0.1, 0.15) is 10.8 Å². The molecule has 5 nitrogen and oxygen atoms in total. The summed E-state index contributed by atoms with van der Waals surface area (Å²) in [5.74, 6) is -0.378. The molecule has 0 saturated heterocycles. The molecule has 2 aromatic rings. The van der Waals surface area contributed by atoms with Gasteiger partial charge in [0.25, 0.3) is 5.91 Å². The standard InChI is InChI=1S/C16H17Cl2N3O2/c1-9(2)19-14(22)7-10-3-5-11(6-4-10)20-16(23)13-8-12(17)15(18)21-13/h3-6,8-9,21H,7H2,1-2H3,(H,19,22)(H,20,23). The van der Waals surface area contributed by atoms with Crippen LogP contribution >= 0.6 is 23.2 Å². The number of hydrogen-bond acceptors (Lipinski definition) is 2. The molecular formula is C16H17Cl2N3O2. The van der Waals surface area contributed by atoms with E-state index in [4.69, 9.17) is 23.2 Å². The number of rotatable bonds is 5. The lowest BCUT2D eigenvalue weighted by molar-refractivity contribution is -0.120. The number of benzene rings is 1. The van der Waals surface area contributed by atoms with Crippen LogP contribution in [0.1, 0.15) is 29.9 Å². The second kappa shape index (κ2) is 7.53. The Bertz CT molecular complexity index is 689. The first-order valence-electron chi connectivity index (χ1n) is 7.09. The van der Waals surface area contributed by atoms with Crippen LogP contribution in [0.2, 0.25) is 10.2 Å². The molecule has 2 rings (SSSR count). The van der Waals surface area contributed by atoms with E-state index in [9.17, 15) is 9.59 Å². The maximum absolute atomic E-state index is 12.0. The molecule has 1 aromatic heterocycles. The van der Waals surface area contributed by atoms with Crippen molar-refractivity contribution in [3.05, 3.63) is 51.8 Å². The zero-order chi connectivity index (χ0) is 17.0. The van der Waals surface area contributed by atoms with E-state index < -0.39 is 0 Å². The summed E-state index contributed by atoms with van der Waals surface area (Å²) in [6.45, 7) is 3.82. The van der Waals surface area contributed by atoms with E-state index in [1.54, 1.807) is 24.3 Å². The number of carbonyl (C=O) groups is 2. The topological polar surface area (TPSA) is 74.0 Å². The van der Waals surface area contributed by atoms with E-state index in [1.807, 2.05) is 13.8 Å². The maximum atomic E-state index is 12.0. The summed E-state index contributed by atoms with van der Waals surface area (Å²) >= 11 is 11.6.